The Bertz CT molecular complexity index is 1140. The van der Waals surface area contributed by atoms with Gasteiger partial charge in [-0.05, 0) is 31.2 Å². The minimum Gasteiger partial charge on any atom is -0.460 e. The van der Waals surface area contributed by atoms with Crippen molar-refractivity contribution in [1.82, 2.24) is 4.57 Å². The summed E-state index contributed by atoms with van der Waals surface area (Å²) in [5.41, 5.74) is 2.19. The molecule has 0 bridgehead atoms. The zero-order valence-electron chi connectivity index (χ0n) is 13.6. The van der Waals surface area contributed by atoms with Gasteiger partial charge in [-0.2, -0.15) is 0 Å². The molecule has 0 aliphatic carbocycles. The SMILES string of the molecule is CCOC(=O)c1cc(=O)c2c(o1)c1ccccc1n2-c1ccccc1. The number of benzene rings is 2. The predicted octanol–water partition coefficient (Wildman–Crippen LogP) is 3.91. The van der Waals surface area contributed by atoms with Gasteiger partial charge in [0, 0.05) is 17.1 Å². The van der Waals surface area contributed by atoms with Crippen molar-refractivity contribution in [2.45, 2.75) is 6.92 Å². The van der Waals surface area contributed by atoms with Gasteiger partial charge < -0.3 is 13.7 Å². The molecule has 2 aromatic carbocycles. The molecule has 4 aromatic rings. The van der Waals surface area contributed by atoms with Gasteiger partial charge in [-0.25, -0.2) is 4.79 Å². The van der Waals surface area contributed by atoms with Crippen LogP contribution in [0, 0.1) is 0 Å². The van der Waals surface area contributed by atoms with Gasteiger partial charge in [0.2, 0.25) is 11.2 Å². The first-order valence-electron chi connectivity index (χ1n) is 8.00. The van der Waals surface area contributed by atoms with E-state index in [2.05, 4.69) is 0 Å². The van der Waals surface area contributed by atoms with E-state index in [0.717, 1.165) is 16.6 Å². The van der Waals surface area contributed by atoms with Gasteiger partial charge in [-0.3, -0.25) is 4.79 Å². The standard InChI is InChI=1S/C20H15NO4/c1-2-24-20(23)17-12-16(22)18-19(25-17)14-10-6-7-11-15(14)21(18)13-8-4-3-5-9-13/h3-12H,2H2,1H3. The number of rotatable bonds is 3. The van der Waals surface area contributed by atoms with Crippen LogP contribution in [0.1, 0.15) is 17.5 Å². The molecule has 0 aliphatic heterocycles. The van der Waals surface area contributed by atoms with E-state index in [9.17, 15) is 9.59 Å². The largest absolute Gasteiger partial charge is 0.460 e. The van der Waals surface area contributed by atoms with E-state index in [4.69, 9.17) is 9.15 Å². The number of para-hydroxylation sites is 2. The number of esters is 1. The zero-order chi connectivity index (χ0) is 17.4. The van der Waals surface area contributed by atoms with Crippen LogP contribution in [-0.4, -0.2) is 17.1 Å². The summed E-state index contributed by atoms with van der Waals surface area (Å²) in [5.74, 6) is -0.728. The zero-order valence-corrected chi connectivity index (χ0v) is 13.6. The minimum atomic E-state index is -0.641. The monoisotopic (exact) mass is 333 g/mol. The lowest BCUT2D eigenvalue weighted by molar-refractivity contribution is 0.0491. The van der Waals surface area contributed by atoms with Crippen LogP contribution in [0.3, 0.4) is 0 Å². The van der Waals surface area contributed by atoms with E-state index >= 15 is 0 Å². The third kappa shape index (κ3) is 2.41. The minimum absolute atomic E-state index is 0.0877. The fourth-order valence-corrected chi connectivity index (χ4v) is 3.01. The van der Waals surface area contributed by atoms with Crippen molar-refractivity contribution in [3.63, 3.8) is 0 Å². The average Bonchev–Trinajstić information content (AvgIpc) is 2.98. The second kappa shape index (κ2) is 5.94. The molecule has 0 unspecified atom stereocenters. The van der Waals surface area contributed by atoms with E-state index in [-0.39, 0.29) is 17.8 Å². The molecular weight excluding hydrogens is 318 g/mol. The third-order valence-electron chi connectivity index (χ3n) is 4.03. The summed E-state index contributed by atoms with van der Waals surface area (Å²) in [7, 11) is 0. The summed E-state index contributed by atoms with van der Waals surface area (Å²) in [5, 5.41) is 0.768. The quantitative estimate of drug-likeness (QED) is 0.533. The number of fused-ring (bicyclic) bond motifs is 3. The molecule has 124 valence electrons. The number of ether oxygens (including phenoxy) is 1. The number of nitrogens with zero attached hydrogens (tertiary/aromatic N) is 1. The smallest absolute Gasteiger partial charge is 0.374 e. The van der Waals surface area contributed by atoms with Gasteiger partial charge in [-0.1, -0.05) is 30.3 Å². The highest BCUT2D eigenvalue weighted by molar-refractivity contribution is 6.06. The van der Waals surface area contributed by atoms with Gasteiger partial charge in [0.15, 0.2) is 5.58 Å². The van der Waals surface area contributed by atoms with Crippen LogP contribution in [0.25, 0.3) is 27.7 Å². The first kappa shape index (κ1) is 15.2. The van der Waals surface area contributed by atoms with Crippen molar-refractivity contribution in [2.24, 2.45) is 0 Å². The lowest BCUT2D eigenvalue weighted by Crippen LogP contribution is -2.11. The first-order valence-corrected chi connectivity index (χ1v) is 8.00. The highest BCUT2D eigenvalue weighted by Gasteiger charge is 2.20. The summed E-state index contributed by atoms with van der Waals surface area (Å²) in [6.45, 7) is 1.92. The molecule has 0 atom stereocenters. The maximum Gasteiger partial charge on any atom is 0.374 e. The molecule has 5 heteroatoms. The summed E-state index contributed by atoms with van der Waals surface area (Å²) in [4.78, 5) is 24.8. The Morgan fingerprint density at radius 3 is 2.56 bits per heavy atom. The third-order valence-corrected chi connectivity index (χ3v) is 4.03. The van der Waals surface area contributed by atoms with Gasteiger partial charge >= 0.3 is 5.97 Å². The number of hydrogen-bond acceptors (Lipinski definition) is 4. The molecule has 25 heavy (non-hydrogen) atoms. The lowest BCUT2D eigenvalue weighted by Gasteiger charge is -2.06. The fourth-order valence-electron chi connectivity index (χ4n) is 3.01. The summed E-state index contributed by atoms with van der Waals surface area (Å²) in [6.07, 6.45) is 0. The van der Waals surface area contributed by atoms with E-state index < -0.39 is 5.97 Å². The molecule has 0 amide bonds. The normalized spacial score (nSPS) is 11.1. The molecular formula is C20H15NO4. The van der Waals surface area contributed by atoms with Crippen molar-refractivity contribution in [1.29, 1.82) is 0 Å². The Labute approximate surface area is 143 Å². The van der Waals surface area contributed by atoms with Crippen molar-refractivity contribution in [2.75, 3.05) is 6.61 Å². The first-order chi connectivity index (χ1) is 12.2. The molecule has 4 rings (SSSR count). The maximum absolute atomic E-state index is 12.8. The second-order valence-electron chi connectivity index (χ2n) is 5.56. The van der Waals surface area contributed by atoms with Gasteiger partial charge in [0.1, 0.15) is 5.52 Å². The highest BCUT2D eigenvalue weighted by Crippen LogP contribution is 2.30. The van der Waals surface area contributed by atoms with Crippen molar-refractivity contribution in [3.05, 3.63) is 76.6 Å². The molecule has 0 fully saturated rings. The molecule has 2 heterocycles. The van der Waals surface area contributed by atoms with Crippen LogP contribution < -0.4 is 5.43 Å². The van der Waals surface area contributed by atoms with Crippen molar-refractivity contribution >= 4 is 28.0 Å². The molecule has 0 radical (unpaired) electrons. The number of carbonyl (C=O) groups excluding carboxylic acids is 1. The molecule has 0 spiro atoms. The Morgan fingerprint density at radius 2 is 1.80 bits per heavy atom. The highest BCUT2D eigenvalue weighted by atomic mass is 16.5. The van der Waals surface area contributed by atoms with Crippen LogP contribution in [0.15, 0.2) is 69.9 Å². The molecule has 0 aliphatic rings. The Kier molecular flexibility index (Phi) is 3.61. The number of carbonyl (C=O) groups is 1. The van der Waals surface area contributed by atoms with Gasteiger partial charge in [-0.15, -0.1) is 0 Å². The topological polar surface area (TPSA) is 61.4 Å². The van der Waals surface area contributed by atoms with E-state index in [1.165, 1.54) is 6.07 Å². The molecule has 0 saturated heterocycles. The summed E-state index contributed by atoms with van der Waals surface area (Å²) in [6, 6.07) is 18.3. The van der Waals surface area contributed by atoms with Crippen LogP contribution in [0.4, 0.5) is 0 Å². The molecule has 0 saturated carbocycles. The van der Waals surface area contributed by atoms with E-state index in [0.29, 0.717) is 11.1 Å². The second-order valence-corrected chi connectivity index (χ2v) is 5.56. The predicted molar refractivity (Wildman–Crippen MR) is 95.3 cm³/mol. The lowest BCUT2D eigenvalue weighted by atomic mass is 10.2. The van der Waals surface area contributed by atoms with Crippen molar-refractivity contribution < 1.29 is 13.9 Å². The van der Waals surface area contributed by atoms with Gasteiger partial charge in [0.25, 0.3) is 0 Å². The molecule has 0 N–H and O–H groups in total. The van der Waals surface area contributed by atoms with Gasteiger partial charge in [0.05, 0.1) is 12.1 Å². The fraction of sp³-hybridized carbons (Fsp3) is 0.100. The van der Waals surface area contributed by atoms with E-state index in [1.54, 1.807) is 6.92 Å². The van der Waals surface area contributed by atoms with Crippen LogP contribution in [-0.2, 0) is 4.74 Å². The average molecular weight is 333 g/mol. The van der Waals surface area contributed by atoms with Crippen LogP contribution in [0.2, 0.25) is 0 Å². The number of aromatic nitrogens is 1. The Morgan fingerprint density at radius 1 is 1.08 bits per heavy atom. The summed E-state index contributed by atoms with van der Waals surface area (Å²) < 4.78 is 12.6. The molecule has 5 nitrogen and oxygen atoms in total. The summed E-state index contributed by atoms with van der Waals surface area (Å²) >= 11 is 0. The maximum atomic E-state index is 12.8. The van der Waals surface area contributed by atoms with E-state index in [1.807, 2.05) is 59.2 Å². The van der Waals surface area contributed by atoms with Crippen molar-refractivity contribution in [3.8, 4) is 5.69 Å². The number of hydrogen-bond donors (Lipinski definition) is 0. The van der Waals surface area contributed by atoms with Crippen LogP contribution >= 0.6 is 0 Å². The molecule has 2 aromatic heterocycles. The Balaban J connectivity index is 2.12. The van der Waals surface area contributed by atoms with Crippen LogP contribution in [0.5, 0.6) is 0 Å². The Hall–Kier alpha value is -3.34.